The van der Waals surface area contributed by atoms with E-state index in [1.165, 1.54) is 11.8 Å². The van der Waals surface area contributed by atoms with Crippen molar-refractivity contribution < 1.29 is 22.4 Å². The molecule has 1 aromatic heterocycles. The molecule has 0 spiro atoms. The molecule has 3 aromatic carbocycles. The molecule has 1 heterocycles. The number of carbonyl (C=O) groups is 1. The molecule has 0 bridgehead atoms. The van der Waals surface area contributed by atoms with E-state index < -0.39 is 11.7 Å². The number of thioether (sulfide) groups is 1. The lowest BCUT2D eigenvalue weighted by atomic mass is 9.54. The number of benzene rings is 3. The molecule has 0 saturated heterocycles. The summed E-state index contributed by atoms with van der Waals surface area (Å²) >= 11 is 1.42. The molecular weight excluding hydrogens is 801 g/mol. The summed E-state index contributed by atoms with van der Waals surface area (Å²) in [5, 5.41) is 0.0960. The van der Waals surface area contributed by atoms with Crippen LogP contribution in [0, 0.1) is 5.82 Å². The molecule has 0 saturated carbocycles. The van der Waals surface area contributed by atoms with Crippen LogP contribution in [0.4, 0.5) is 17.6 Å². The Balaban J connectivity index is 1.63. The fraction of sp³-hybridized carbons (Fsp3) is 0.361. The molecule has 4 aromatic rings. The van der Waals surface area contributed by atoms with E-state index >= 15 is 9.18 Å². The first-order valence-electron chi connectivity index (χ1n) is 22.3. The molecule has 0 fully saturated rings. The maximum Gasteiger partial charge on any atom is 0.415 e. The van der Waals surface area contributed by atoms with Gasteiger partial charge in [0.2, 0.25) is 5.91 Å². The average molecular weight is 856 g/mol. The Morgan fingerprint density at radius 2 is 1.14 bits per heavy atom. The fourth-order valence-corrected chi connectivity index (χ4v) is 11.5. The van der Waals surface area contributed by atoms with Gasteiger partial charge in [0, 0.05) is 42.2 Å². The summed E-state index contributed by atoms with van der Waals surface area (Å²) in [6.45, 7) is 5.75. The lowest BCUT2D eigenvalue weighted by Crippen LogP contribution is -2.62. The number of amides is 1. The number of rotatable bonds is 13. The molecule has 63 heavy (non-hydrogen) atoms. The molecule has 0 unspecified atom stereocenters. The minimum atomic E-state index is -4.46. The average Bonchev–Trinajstić information content (AvgIpc) is 3.68. The first-order valence-corrected chi connectivity index (χ1v) is 23.2. The predicted molar refractivity (Wildman–Crippen MR) is 305 cm³/mol. The first-order chi connectivity index (χ1) is 28.9. The third-order valence-electron chi connectivity index (χ3n) is 14.4. The van der Waals surface area contributed by atoms with Crippen LogP contribution in [0.25, 0.3) is 11.1 Å². The molecule has 27 heteroatoms. The smallest absolute Gasteiger partial charge is 0.336 e. The van der Waals surface area contributed by atoms with Crippen LogP contribution in [-0.2, 0) is 42.7 Å². The van der Waals surface area contributed by atoms with Crippen molar-refractivity contribution in [2.24, 2.45) is 0 Å². The molecule has 0 aliphatic heterocycles. The van der Waals surface area contributed by atoms with Crippen LogP contribution in [-0.4, -0.2) is 175 Å². The minimum absolute atomic E-state index is 0.000932. The number of carbonyl (C=O) groups excluding carboxylic acids is 1. The summed E-state index contributed by atoms with van der Waals surface area (Å²) < 4.78 is 60.0. The molecule has 0 N–H and O–H groups in total. The van der Waals surface area contributed by atoms with Gasteiger partial charge in [-0.2, -0.15) is 18.2 Å². The number of fused-ring (bicyclic) bond motifs is 1. The number of aromatic nitrogens is 2. The highest BCUT2D eigenvalue weighted by Crippen LogP contribution is 2.28. The Morgan fingerprint density at radius 1 is 0.683 bits per heavy atom. The summed E-state index contributed by atoms with van der Waals surface area (Å²) in [7, 11) is 31.1. The maximum atomic E-state index is 15.2. The van der Waals surface area contributed by atoms with Crippen molar-refractivity contribution in [1.82, 2.24) is 19.4 Å². The third kappa shape index (κ3) is 9.95. The fourth-order valence-electron chi connectivity index (χ4n) is 10.3. The van der Waals surface area contributed by atoms with E-state index in [1.54, 1.807) is 47.1 Å². The highest BCUT2D eigenvalue weighted by atomic mass is 32.2. The molecule has 0 radical (unpaired) electrons. The van der Waals surface area contributed by atoms with E-state index in [9.17, 15) is 18.0 Å². The zero-order valence-corrected chi connectivity index (χ0v) is 42.0. The first kappa shape index (κ1) is 51.1. The highest BCUT2D eigenvalue weighted by Gasteiger charge is 2.37. The van der Waals surface area contributed by atoms with Crippen molar-refractivity contribution in [1.29, 1.82) is 0 Å². The van der Waals surface area contributed by atoms with Crippen molar-refractivity contribution in [2.75, 3.05) is 13.1 Å². The zero-order valence-electron chi connectivity index (χ0n) is 41.2. The summed E-state index contributed by atoms with van der Waals surface area (Å²) in [6, 6.07) is 0. The van der Waals surface area contributed by atoms with Gasteiger partial charge in [0.15, 0.2) is 5.16 Å². The number of alkyl halides is 3. The molecule has 6 nitrogen and oxygen atoms in total. The van der Waals surface area contributed by atoms with E-state index in [2.05, 4.69) is 70.8 Å². The Kier molecular flexibility index (Phi) is 15.2. The number of hydrogen-bond donors (Lipinski definition) is 0. The standard InChI is InChI=1S/C36H54B16F4N4O2S/c1-34(49,50)60(35(2,51)52)7-6-58(8-12-19(37)23(41)16(24(42)20(12)38)17-25(43)27(45)18(36(54,55)56)28(46)26(17)44)15(61)9-59-14-5-3-4-11(14)32(62)57-33(59)63-10-13-21(39)29(47)31(53)30(48)22(13)40/h3-10,37-52H2,1-2H3. The van der Waals surface area contributed by atoms with Crippen molar-refractivity contribution in [3.8, 4) is 11.1 Å². The molecule has 5 rings (SSSR count). The maximum absolute atomic E-state index is 15.2. The third-order valence-corrected chi connectivity index (χ3v) is 15.4. The van der Waals surface area contributed by atoms with Crippen molar-refractivity contribution in [3.05, 3.63) is 44.1 Å². The van der Waals surface area contributed by atoms with Crippen molar-refractivity contribution in [2.45, 2.75) is 74.0 Å². The lowest BCUT2D eigenvalue weighted by molar-refractivity contribution is -0.136. The summed E-state index contributed by atoms with van der Waals surface area (Å²) in [5.74, 6) is 0.169. The summed E-state index contributed by atoms with van der Waals surface area (Å²) in [5.41, 5.74) is 13.2. The Bertz CT molecular complexity index is 2480. The van der Waals surface area contributed by atoms with Crippen LogP contribution >= 0.6 is 11.8 Å². The van der Waals surface area contributed by atoms with E-state index in [1.807, 2.05) is 40.9 Å². The molecular formula is C36H54B16F4N4O2S. The van der Waals surface area contributed by atoms with Gasteiger partial charge in [-0.1, -0.05) is 96.7 Å². The van der Waals surface area contributed by atoms with Gasteiger partial charge >= 0.3 is 6.18 Å². The van der Waals surface area contributed by atoms with Gasteiger partial charge < -0.3 is 14.4 Å². The van der Waals surface area contributed by atoms with E-state index in [0.29, 0.717) is 70.8 Å². The van der Waals surface area contributed by atoms with Crippen LogP contribution in [0.2, 0.25) is 0 Å². The van der Waals surface area contributed by atoms with Crippen LogP contribution in [0.15, 0.2) is 9.95 Å². The van der Waals surface area contributed by atoms with Crippen LogP contribution in [0.3, 0.4) is 0 Å². The van der Waals surface area contributed by atoms with Crippen LogP contribution in [0.1, 0.15) is 48.2 Å². The minimum Gasteiger partial charge on any atom is -0.336 e. The molecule has 1 aliphatic carbocycles. The monoisotopic (exact) mass is 859 g/mol. The second kappa shape index (κ2) is 18.8. The van der Waals surface area contributed by atoms with Gasteiger partial charge in [0.05, 0.1) is 0 Å². The van der Waals surface area contributed by atoms with Gasteiger partial charge in [-0.05, 0) is 46.6 Å². The molecule has 1 aliphatic rings. The van der Waals surface area contributed by atoms with Crippen LogP contribution < -0.4 is 71.1 Å². The van der Waals surface area contributed by atoms with Gasteiger partial charge in [-0.25, -0.2) is 4.39 Å². The van der Waals surface area contributed by atoms with E-state index in [0.717, 1.165) is 67.1 Å². The van der Waals surface area contributed by atoms with Gasteiger partial charge in [-0.15, -0.1) is 0 Å². The normalized spacial score (nSPS) is 13.1. The van der Waals surface area contributed by atoms with Crippen molar-refractivity contribution >= 4 is 209 Å². The molecule has 312 valence electrons. The Hall–Kier alpha value is -2.92. The van der Waals surface area contributed by atoms with Gasteiger partial charge in [0.25, 0.3) is 5.56 Å². The van der Waals surface area contributed by atoms with Gasteiger partial charge in [0.1, 0.15) is 138 Å². The Labute approximate surface area is 390 Å². The highest BCUT2D eigenvalue weighted by molar-refractivity contribution is 7.98. The summed E-state index contributed by atoms with van der Waals surface area (Å²) in [6.07, 6.45) is -2.37. The van der Waals surface area contributed by atoms with Crippen LogP contribution in [0.5, 0.6) is 0 Å². The number of nitrogens with zero attached hydrogens (tertiary/aromatic N) is 4. The molecule has 0 atom stereocenters. The Morgan fingerprint density at radius 3 is 1.60 bits per heavy atom. The van der Waals surface area contributed by atoms with Gasteiger partial charge in [-0.3, -0.25) is 9.59 Å². The second-order valence-electron chi connectivity index (χ2n) is 20.1. The quantitative estimate of drug-likeness (QED) is 0.0580. The SMILES string of the molecule is Bc1c(B)c(CSc2nc(=O)c3c(n2CC(=O)N(CCN(C(B)(B)C)C(B)(B)C)Cc2c(B)c(B)c(-c4c(B)c(B)c(C(F)(F)F)c(B)c4B)c(B)c2B)CCC3)c(B)c(B)c1F. The number of hydrogen-bond acceptors (Lipinski definition) is 5. The molecule has 1 amide bonds. The number of halogens is 4. The van der Waals surface area contributed by atoms with Crippen molar-refractivity contribution in [3.63, 3.8) is 0 Å². The second-order valence-corrected chi connectivity index (χ2v) is 21.0. The van der Waals surface area contributed by atoms with E-state index in [4.69, 9.17) is 0 Å². The summed E-state index contributed by atoms with van der Waals surface area (Å²) in [4.78, 5) is 37.6. The predicted octanol–water partition coefficient (Wildman–Crippen LogP) is -17.8. The van der Waals surface area contributed by atoms with E-state index in [-0.39, 0.29) is 45.4 Å². The zero-order chi connectivity index (χ0) is 47.6. The largest absolute Gasteiger partial charge is 0.415 e. The lowest BCUT2D eigenvalue weighted by Gasteiger charge is -2.47. The topological polar surface area (TPSA) is 58.4 Å².